The SMILES string of the molecule is Cl.Cl.O=CC(c1ccc(F)cc1)N1CCNCC1. The smallest absolute Gasteiger partial charge is 0.141 e. The number of benzene rings is 1. The minimum Gasteiger partial charge on any atom is -0.314 e. The lowest BCUT2D eigenvalue weighted by Crippen LogP contribution is -2.45. The Balaban J connectivity index is 0.00000144. The molecule has 1 fully saturated rings. The fourth-order valence-electron chi connectivity index (χ4n) is 2.00. The van der Waals surface area contributed by atoms with Crippen LogP contribution in [0.25, 0.3) is 0 Å². The van der Waals surface area contributed by atoms with Gasteiger partial charge in [0.15, 0.2) is 0 Å². The monoisotopic (exact) mass is 294 g/mol. The third-order valence-electron chi connectivity index (χ3n) is 2.89. The molecule has 0 bridgehead atoms. The van der Waals surface area contributed by atoms with E-state index < -0.39 is 0 Å². The van der Waals surface area contributed by atoms with Gasteiger partial charge >= 0.3 is 0 Å². The van der Waals surface area contributed by atoms with Gasteiger partial charge < -0.3 is 10.1 Å². The summed E-state index contributed by atoms with van der Waals surface area (Å²) < 4.78 is 12.8. The summed E-state index contributed by atoms with van der Waals surface area (Å²) in [5.74, 6) is -0.270. The van der Waals surface area contributed by atoms with Gasteiger partial charge in [-0.1, -0.05) is 12.1 Å². The molecule has 0 spiro atoms. The average Bonchev–Trinajstić information content (AvgIpc) is 2.34. The minimum atomic E-state index is -0.270. The van der Waals surface area contributed by atoms with Crippen molar-refractivity contribution in [3.8, 4) is 0 Å². The molecule has 2 rings (SSSR count). The Kier molecular flexibility index (Phi) is 8.11. The zero-order chi connectivity index (χ0) is 11.4. The molecule has 0 radical (unpaired) electrons. The highest BCUT2D eigenvalue weighted by atomic mass is 35.5. The molecule has 0 saturated carbocycles. The van der Waals surface area contributed by atoms with Crippen LogP contribution in [-0.4, -0.2) is 37.4 Å². The van der Waals surface area contributed by atoms with Crippen LogP contribution in [0.1, 0.15) is 11.6 Å². The molecule has 1 unspecified atom stereocenters. The summed E-state index contributed by atoms with van der Waals surface area (Å²) >= 11 is 0. The standard InChI is InChI=1S/C12H15FN2O.2ClH/c13-11-3-1-10(2-4-11)12(9-16)15-7-5-14-6-8-15;;/h1-4,9,12,14H,5-8H2;2*1H. The zero-order valence-electron chi connectivity index (χ0n) is 9.84. The maximum Gasteiger partial charge on any atom is 0.141 e. The Hall–Kier alpha value is -0.680. The van der Waals surface area contributed by atoms with E-state index in [1.165, 1.54) is 12.1 Å². The molecule has 102 valence electrons. The Morgan fingerprint density at radius 2 is 1.72 bits per heavy atom. The lowest BCUT2D eigenvalue weighted by atomic mass is 10.1. The molecule has 1 N–H and O–H groups in total. The van der Waals surface area contributed by atoms with Crippen molar-refractivity contribution >= 4 is 31.1 Å². The lowest BCUT2D eigenvalue weighted by Gasteiger charge is -2.32. The average molecular weight is 295 g/mol. The van der Waals surface area contributed by atoms with Gasteiger partial charge in [0.2, 0.25) is 0 Å². The number of piperazine rings is 1. The van der Waals surface area contributed by atoms with E-state index in [2.05, 4.69) is 10.2 Å². The van der Waals surface area contributed by atoms with E-state index in [-0.39, 0.29) is 36.7 Å². The fraction of sp³-hybridized carbons (Fsp3) is 0.417. The number of carbonyl (C=O) groups is 1. The molecule has 0 amide bonds. The first-order valence-electron chi connectivity index (χ1n) is 5.47. The number of aldehydes is 1. The molecule has 1 heterocycles. The summed E-state index contributed by atoms with van der Waals surface area (Å²) in [7, 11) is 0. The van der Waals surface area contributed by atoms with Crippen molar-refractivity contribution in [2.45, 2.75) is 6.04 Å². The third kappa shape index (κ3) is 4.21. The van der Waals surface area contributed by atoms with Crippen molar-refractivity contribution in [1.82, 2.24) is 10.2 Å². The third-order valence-corrected chi connectivity index (χ3v) is 2.89. The first-order chi connectivity index (χ1) is 7.81. The van der Waals surface area contributed by atoms with Crippen molar-refractivity contribution in [2.75, 3.05) is 26.2 Å². The van der Waals surface area contributed by atoms with Gasteiger partial charge in [0.25, 0.3) is 0 Å². The normalized spacial score (nSPS) is 17.2. The van der Waals surface area contributed by atoms with Crippen LogP contribution < -0.4 is 5.32 Å². The van der Waals surface area contributed by atoms with Crippen molar-refractivity contribution in [3.63, 3.8) is 0 Å². The van der Waals surface area contributed by atoms with Gasteiger partial charge in [-0.2, -0.15) is 0 Å². The second-order valence-corrected chi connectivity index (χ2v) is 3.92. The molecule has 1 saturated heterocycles. The van der Waals surface area contributed by atoms with Crippen molar-refractivity contribution in [3.05, 3.63) is 35.6 Å². The quantitative estimate of drug-likeness (QED) is 0.863. The maximum absolute atomic E-state index is 12.8. The summed E-state index contributed by atoms with van der Waals surface area (Å²) in [5, 5.41) is 3.24. The molecule has 1 aliphatic heterocycles. The first-order valence-corrected chi connectivity index (χ1v) is 5.47. The maximum atomic E-state index is 12.8. The number of carbonyl (C=O) groups excluding carboxylic acids is 1. The summed E-state index contributed by atoms with van der Waals surface area (Å²) in [6.45, 7) is 3.48. The molecule has 1 aromatic carbocycles. The van der Waals surface area contributed by atoms with Crippen molar-refractivity contribution in [2.24, 2.45) is 0 Å². The van der Waals surface area contributed by atoms with E-state index in [4.69, 9.17) is 0 Å². The Labute approximate surface area is 119 Å². The molecular weight excluding hydrogens is 278 g/mol. The number of nitrogens with one attached hydrogen (secondary N) is 1. The summed E-state index contributed by atoms with van der Waals surface area (Å²) in [4.78, 5) is 13.2. The number of hydrogen-bond acceptors (Lipinski definition) is 3. The Morgan fingerprint density at radius 3 is 2.22 bits per heavy atom. The summed E-state index contributed by atoms with van der Waals surface area (Å²) in [5.41, 5.74) is 0.860. The highest BCUT2D eigenvalue weighted by molar-refractivity contribution is 5.85. The van der Waals surface area contributed by atoms with Crippen molar-refractivity contribution < 1.29 is 9.18 Å². The van der Waals surface area contributed by atoms with Crippen LogP contribution in [0, 0.1) is 5.82 Å². The van der Waals surface area contributed by atoms with Gasteiger partial charge in [-0.15, -0.1) is 24.8 Å². The van der Waals surface area contributed by atoms with E-state index in [9.17, 15) is 9.18 Å². The van der Waals surface area contributed by atoms with Crippen LogP contribution in [0.2, 0.25) is 0 Å². The molecule has 1 atom stereocenters. The molecule has 3 nitrogen and oxygen atoms in total. The Bertz CT molecular complexity index is 356. The van der Waals surface area contributed by atoms with Crippen LogP contribution in [0.4, 0.5) is 4.39 Å². The van der Waals surface area contributed by atoms with E-state index in [0.29, 0.717) is 0 Å². The topological polar surface area (TPSA) is 32.3 Å². The van der Waals surface area contributed by atoms with Gasteiger partial charge in [-0.25, -0.2) is 4.39 Å². The largest absolute Gasteiger partial charge is 0.314 e. The predicted molar refractivity (Wildman–Crippen MR) is 74.1 cm³/mol. The second kappa shape index (κ2) is 8.43. The zero-order valence-corrected chi connectivity index (χ0v) is 11.5. The number of halogens is 3. The molecule has 1 aromatic rings. The summed E-state index contributed by atoms with van der Waals surface area (Å²) in [6.07, 6.45) is 0.929. The number of nitrogens with zero attached hydrogens (tertiary/aromatic N) is 1. The highest BCUT2D eigenvalue weighted by Crippen LogP contribution is 2.19. The minimum absolute atomic E-state index is 0. The van der Waals surface area contributed by atoms with Gasteiger partial charge in [0.05, 0.1) is 6.04 Å². The number of rotatable bonds is 3. The molecule has 1 aliphatic rings. The molecule has 18 heavy (non-hydrogen) atoms. The van der Waals surface area contributed by atoms with Crippen LogP contribution in [-0.2, 0) is 4.79 Å². The van der Waals surface area contributed by atoms with Crippen molar-refractivity contribution in [1.29, 1.82) is 0 Å². The van der Waals surface area contributed by atoms with Gasteiger partial charge in [-0.3, -0.25) is 4.90 Å². The summed E-state index contributed by atoms with van der Waals surface area (Å²) in [6, 6.07) is 5.90. The van der Waals surface area contributed by atoms with Crippen LogP contribution in [0.3, 0.4) is 0 Å². The number of hydrogen-bond donors (Lipinski definition) is 1. The molecule has 0 aliphatic carbocycles. The second-order valence-electron chi connectivity index (χ2n) is 3.92. The highest BCUT2D eigenvalue weighted by Gasteiger charge is 2.21. The fourth-order valence-corrected chi connectivity index (χ4v) is 2.00. The van der Waals surface area contributed by atoms with E-state index in [1.807, 2.05) is 0 Å². The van der Waals surface area contributed by atoms with Crippen LogP contribution in [0.5, 0.6) is 0 Å². The van der Waals surface area contributed by atoms with Crippen LogP contribution in [0.15, 0.2) is 24.3 Å². The van der Waals surface area contributed by atoms with E-state index in [0.717, 1.165) is 38.0 Å². The van der Waals surface area contributed by atoms with Gasteiger partial charge in [-0.05, 0) is 17.7 Å². The van der Waals surface area contributed by atoms with E-state index in [1.54, 1.807) is 12.1 Å². The van der Waals surface area contributed by atoms with Gasteiger partial charge in [0.1, 0.15) is 12.1 Å². The van der Waals surface area contributed by atoms with Gasteiger partial charge in [0, 0.05) is 26.2 Å². The molecule has 6 heteroatoms. The van der Waals surface area contributed by atoms with Crippen LogP contribution >= 0.6 is 24.8 Å². The lowest BCUT2D eigenvalue weighted by molar-refractivity contribution is -0.112. The predicted octanol–water partition coefficient (Wildman–Crippen LogP) is 1.81. The molecule has 0 aromatic heterocycles. The molecular formula is C12H17Cl2FN2O. The Morgan fingerprint density at radius 1 is 1.17 bits per heavy atom. The van der Waals surface area contributed by atoms with E-state index >= 15 is 0 Å². The first kappa shape index (κ1) is 17.3.